The molecule has 0 bridgehead atoms. The summed E-state index contributed by atoms with van der Waals surface area (Å²) in [6.45, 7) is 5.07. The van der Waals surface area contributed by atoms with Gasteiger partial charge in [-0.05, 0) is 42.2 Å². The molecule has 2 heterocycles. The van der Waals surface area contributed by atoms with Gasteiger partial charge >= 0.3 is 0 Å². The lowest BCUT2D eigenvalue weighted by Crippen LogP contribution is -2.49. The molecule has 1 aliphatic carbocycles. The second kappa shape index (κ2) is 12.1. The van der Waals surface area contributed by atoms with Crippen molar-refractivity contribution >= 4 is 11.8 Å². The third kappa shape index (κ3) is 6.00. The van der Waals surface area contributed by atoms with Gasteiger partial charge in [-0.15, -0.1) is 0 Å². The first-order chi connectivity index (χ1) is 17.7. The highest BCUT2D eigenvalue weighted by Gasteiger charge is 2.33. The van der Waals surface area contributed by atoms with Gasteiger partial charge in [-0.3, -0.25) is 14.5 Å². The predicted octanol–water partition coefficient (Wildman–Crippen LogP) is 5.13. The third-order valence-electron chi connectivity index (χ3n) is 8.69. The SMILES string of the molecule is O=C(CCCC(=O)N1CCC2CCCCC2C1)N1CCN(C(c2ccccc2)c2ccccc2)CC1. The zero-order chi connectivity index (χ0) is 24.7. The molecule has 2 aliphatic heterocycles. The zero-order valence-electron chi connectivity index (χ0n) is 21.6. The van der Waals surface area contributed by atoms with E-state index >= 15 is 0 Å². The van der Waals surface area contributed by atoms with Gasteiger partial charge in [-0.2, -0.15) is 0 Å². The number of piperidine rings is 1. The van der Waals surface area contributed by atoms with E-state index in [0.717, 1.165) is 45.2 Å². The lowest BCUT2D eigenvalue weighted by Gasteiger charge is -2.41. The van der Waals surface area contributed by atoms with Gasteiger partial charge in [0.1, 0.15) is 0 Å². The maximum absolute atomic E-state index is 12.9. The number of likely N-dealkylation sites (tertiary alicyclic amines) is 1. The van der Waals surface area contributed by atoms with Crippen LogP contribution in [0, 0.1) is 11.8 Å². The minimum absolute atomic E-state index is 0.199. The summed E-state index contributed by atoms with van der Waals surface area (Å²) in [4.78, 5) is 32.3. The number of rotatable bonds is 7. The van der Waals surface area contributed by atoms with Crippen LogP contribution in [0.5, 0.6) is 0 Å². The van der Waals surface area contributed by atoms with Gasteiger partial charge < -0.3 is 9.80 Å². The molecule has 0 radical (unpaired) electrons. The number of hydrogen-bond acceptors (Lipinski definition) is 3. The van der Waals surface area contributed by atoms with E-state index in [2.05, 4.69) is 70.5 Å². The molecule has 2 unspecified atom stereocenters. The van der Waals surface area contributed by atoms with E-state index in [-0.39, 0.29) is 17.9 Å². The Hall–Kier alpha value is -2.66. The molecule has 2 aromatic carbocycles. The van der Waals surface area contributed by atoms with E-state index in [1.54, 1.807) is 0 Å². The van der Waals surface area contributed by atoms with Crippen molar-refractivity contribution in [3.63, 3.8) is 0 Å². The Morgan fingerprint density at radius 1 is 0.667 bits per heavy atom. The van der Waals surface area contributed by atoms with Crippen LogP contribution in [0.2, 0.25) is 0 Å². The number of hydrogen-bond donors (Lipinski definition) is 0. The molecular formula is C31H41N3O2. The maximum atomic E-state index is 12.9. The summed E-state index contributed by atoms with van der Waals surface area (Å²) in [7, 11) is 0. The Bertz CT molecular complexity index is 948. The van der Waals surface area contributed by atoms with Gasteiger partial charge in [-0.1, -0.05) is 79.9 Å². The Morgan fingerprint density at radius 3 is 1.83 bits per heavy atom. The molecule has 2 amide bonds. The molecule has 5 heteroatoms. The van der Waals surface area contributed by atoms with Crippen molar-refractivity contribution in [1.29, 1.82) is 0 Å². The molecule has 0 N–H and O–H groups in total. The van der Waals surface area contributed by atoms with Gasteiger partial charge in [-0.25, -0.2) is 0 Å². The fraction of sp³-hybridized carbons (Fsp3) is 0.548. The highest BCUT2D eigenvalue weighted by atomic mass is 16.2. The number of nitrogens with zero attached hydrogens (tertiary/aromatic N) is 3. The average Bonchev–Trinajstić information content (AvgIpc) is 2.94. The zero-order valence-corrected chi connectivity index (χ0v) is 21.6. The van der Waals surface area contributed by atoms with Crippen molar-refractivity contribution < 1.29 is 9.59 Å². The van der Waals surface area contributed by atoms with Crippen molar-refractivity contribution in [3.05, 3.63) is 71.8 Å². The molecule has 0 spiro atoms. The molecule has 36 heavy (non-hydrogen) atoms. The molecule has 5 rings (SSSR count). The monoisotopic (exact) mass is 487 g/mol. The van der Waals surface area contributed by atoms with E-state index in [1.807, 2.05) is 4.90 Å². The minimum atomic E-state index is 0.199. The standard InChI is InChI=1S/C31H41N3O2/c35-29(16-9-17-30(36)34-19-18-25-10-7-8-15-28(25)24-34)32-20-22-33(23-21-32)31(26-11-3-1-4-12-26)27-13-5-2-6-14-27/h1-6,11-14,25,28,31H,7-10,15-24H2. The number of piperazine rings is 1. The summed E-state index contributed by atoms with van der Waals surface area (Å²) in [5.41, 5.74) is 2.58. The Kier molecular flexibility index (Phi) is 8.37. The van der Waals surface area contributed by atoms with E-state index < -0.39 is 0 Å². The Balaban J connectivity index is 1.09. The molecule has 2 saturated heterocycles. The number of carbonyl (C=O) groups excluding carboxylic acids is 2. The van der Waals surface area contributed by atoms with E-state index in [0.29, 0.717) is 25.2 Å². The van der Waals surface area contributed by atoms with Crippen molar-refractivity contribution in [1.82, 2.24) is 14.7 Å². The molecule has 2 aromatic rings. The van der Waals surface area contributed by atoms with Crippen LogP contribution in [0.3, 0.4) is 0 Å². The molecular weight excluding hydrogens is 446 g/mol. The minimum Gasteiger partial charge on any atom is -0.342 e. The average molecular weight is 488 g/mol. The molecule has 0 aromatic heterocycles. The van der Waals surface area contributed by atoms with Crippen molar-refractivity contribution in [3.8, 4) is 0 Å². The number of amides is 2. The predicted molar refractivity (Wildman–Crippen MR) is 143 cm³/mol. The van der Waals surface area contributed by atoms with Gasteiger partial charge in [0.15, 0.2) is 0 Å². The first-order valence-electron chi connectivity index (χ1n) is 14.1. The summed E-state index contributed by atoms with van der Waals surface area (Å²) >= 11 is 0. The highest BCUT2D eigenvalue weighted by Crippen LogP contribution is 2.36. The summed E-state index contributed by atoms with van der Waals surface area (Å²) in [6.07, 6.45) is 8.15. The van der Waals surface area contributed by atoms with Gasteiger partial charge in [0.25, 0.3) is 0 Å². The molecule has 3 fully saturated rings. The van der Waals surface area contributed by atoms with Crippen molar-refractivity contribution in [2.24, 2.45) is 11.8 Å². The Morgan fingerprint density at radius 2 is 1.22 bits per heavy atom. The van der Waals surface area contributed by atoms with Gasteiger partial charge in [0, 0.05) is 52.1 Å². The summed E-state index contributed by atoms with van der Waals surface area (Å²) in [5.74, 6) is 2.01. The van der Waals surface area contributed by atoms with Crippen LogP contribution in [0.1, 0.15) is 68.5 Å². The Labute approximate surface area is 216 Å². The van der Waals surface area contributed by atoms with Crippen molar-refractivity contribution in [2.45, 2.75) is 57.4 Å². The molecule has 2 atom stereocenters. The summed E-state index contributed by atoms with van der Waals surface area (Å²) < 4.78 is 0. The molecule has 5 nitrogen and oxygen atoms in total. The van der Waals surface area contributed by atoms with E-state index in [9.17, 15) is 9.59 Å². The largest absolute Gasteiger partial charge is 0.342 e. The van der Waals surface area contributed by atoms with E-state index in [1.165, 1.54) is 43.2 Å². The summed E-state index contributed by atoms with van der Waals surface area (Å²) in [5, 5.41) is 0. The van der Waals surface area contributed by atoms with Crippen LogP contribution in [-0.4, -0.2) is 65.8 Å². The lowest BCUT2D eigenvalue weighted by atomic mass is 9.75. The van der Waals surface area contributed by atoms with E-state index in [4.69, 9.17) is 0 Å². The maximum Gasteiger partial charge on any atom is 0.222 e. The number of fused-ring (bicyclic) bond motifs is 1. The fourth-order valence-electron chi connectivity index (χ4n) is 6.65. The van der Waals surface area contributed by atoms with Crippen molar-refractivity contribution in [2.75, 3.05) is 39.3 Å². The number of benzene rings is 2. The van der Waals surface area contributed by atoms with Crippen LogP contribution in [-0.2, 0) is 9.59 Å². The second-order valence-electron chi connectivity index (χ2n) is 10.9. The normalized spacial score (nSPS) is 22.9. The van der Waals surface area contributed by atoms with Crippen LogP contribution < -0.4 is 0 Å². The molecule has 1 saturated carbocycles. The first-order valence-corrected chi connectivity index (χ1v) is 14.1. The second-order valence-corrected chi connectivity index (χ2v) is 10.9. The topological polar surface area (TPSA) is 43.9 Å². The van der Waals surface area contributed by atoms with Crippen LogP contribution >= 0.6 is 0 Å². The molecule has 192 valence electrons. The number of carbonyl (C=O) groups is 2. The molecule has 3 aliphatic rings. The first kappa shape index (κ1) is 25.0. The lowest BCUT2D eigenvalue weighted by molar-refractivity contribution is -0.135. The van der Waals surface area contributed by atoms with Crippen LogP contribution in [0.25, 0.3) is 0 Å². The van der Waals surface area contributed by atoms with Crippen LogP contribution in [0.4, 0.5) is 0 Å². The highest BCUT2D eigenvalue weighted by molar-refractivity contribution is 5.79. The quantitative estimate of drug-likeness (QED) is 0.544. The fourth-order valence-corrected chi connectivity index (χ4v) is 6.65. The van der Waals surface area contributed by atoms with Gasteiger partial charge in [0.05, 0.1) is 6.04 Å². The summed E-state index contributed by atoms with van der Waals surface area (Å²) in [6, 6.07) is 21.5. The third-order valence-corrected chi connectivity index (χ3v) is 8.69. The smallest absolute Gasteiger partial charge is 0.222 e. The van der Waals surface area contributed by atoms with Crippen LogP contribution in [0.15, 0.2) is 60.7 Å². The van der Waals surface area contributed by atoms with Gasteiger partial charge in [0.2, 0.25) is 11.8 Å².